The average Bonchev–Trinajstić information content (AvgIpc) is 3.32. The molecule has 0 saturated carbocycles. The molecule has 8 heteroatoms. The van der Waals surface area contributed by atoms with Crippen LogP contribution in [0.1, 0.15) is 57.3 Å². The zero-order valence-corrected chi connectivity index (χ0v) is 29.3. The lowest BCUT2D eigenvalue weighted by atomic mass is 9.92. The van der Waals surface area contributed by atoms with Crippen LogP contribution in [0.5, 0.6) is 11.5 Å². The van der Waals surface area contributed by atoms with Crippen LogP contribution < -0.4 is 9.47 Å². The first-order valence-corrected chi connectivity index (χ1v) is 16.9. The molecule has 2 aliphatic heterocycles. The summed E-state index contributed by atoms with van der Waals surface area (Å²) >= 11 is 0. The summed E-state index contributed by atoms with van der Waals surface area (Å²) in [7, 11) is 8.23. The molecule has 0 saturated heterocycles. The van der Waals surface area contributed by atoms with Crippen molar-refractivity contribution in [3.8, 4) is 11.5 Å². The van der Waals surface area contributed by atoms with E-state index in [1.165, 1.54) is 0 Å². The van der Waals surface area contributed by atoms with E-state index in [1.54, 1.807) is 0 Å². The number of fused-ring (bicyclic) bond motifs is 4. The number of benzene rings is 4. The number of hydrogen-bond acceptors (Lipinski definition) is 6. The second-order valence-corrected chi connectivity index (χ2v) is 13.1. The van der Waals surface area contributed by atoms with Crippen LogP contribution in [0.4, 0.5) is 0 Å². The minimum Gasteiger partial charge on any atom is -0.488 e. The third-order valence-corrected chi connectivity index (χ3v) is 8.61. The normalized spacial score (nSPS) is 14.6. The molecule has 0 aromatic heterocycles. The molecule has 0 aliphatic carbocycles. The minimum atomic E-state index is -0.826. The van der Waals surface area contributed by atoms with Crippen molar-refractivity contribution in [3.05, 3.63) is 142 Å². The van der Waals surface area contributed by atoms with Crippen LogP contribution in [0.3, 0.4) is 0 Å². The lowest BCUT2D eigenvalue weighted by molar-refractivity contribution is -0.137. The summed E-state index contributed by atoms with van der Waals surface area (Å²) in [6.45, 7) is 2.95. The fraction of sp³-hybridized carbons (Fsp3) is 0.286. The molecule has 50 heavy (non-hydrogen) atoms. The first-order valence-electron chi connectivity index (χ1n) is 16.9. The monoisotopic (exact) mass is 674 g/mol. The van der Waals surface area contributed by atoms with Gasteiger partial charge < -0.3 is 29.5 Å². The van der Waals surface area contributed by atoms with Crippen molar-refractivity contribution in [1.29, 1.82) is 0 Å². The highest BCUT2D eigenvalue weighted by molar-refractivity contribution is 5.87. The highest BCUT2D eigenvalue weighted by atomic mass is 16.5. The molecule has 0 unspecified atom stereocenters. The average molecular weight is 675 g/mol. The van der Waals surface area contributed by atoms with Crippen LogP contribution in [0.15, 0.2) is 97.1 Å². The quantitative estimate of drug-likeness (QED) is 0.183. The van der Waals surface area contributed by atoms with Gasteiger partial charge in [0.05, 0.1) is 12.8 Å². The molecule has 8 nitrogen and oxygen atoms in total. The van der Waals surface area contributed by atoms with Crippen LogP contribution in [-0.2, 0) is 35.6 Å². The number of carboxylic acid groups (broad SMARTS) is 2. The van der Waals surface area contributed by atoms with Crippen LogP contribution in [0.2, 0.25) is 0 Å². The summed E-state index contributed by atoms with van der Waals surface area (Å²) in [5.74, 6) is -0.0380. The SMILES string of the molecule is CN(C)CC/C=C1/c2ccccc2COc2ccc(CC(=O)O)cc21.CN(C)CC/C=C1/c2ccccc2COc2ccc(CC(=O)O)cc21. The molecule has 0 spiro atoms. The van der Waals surface area contributed by atoms with Gasteiger partial charge in [-0.1, -0.05) is 72.8 Å². The summed E-state index contributed by atoms with van der Waals surface area (Å²) in [6, 6.07) is 27.8. The third-order valence-electron chi connectivity index (χ3n) is 8.61. The molecular weight excluding hydrogens is 628 g/mol. The second-order valence-electron chi connectivity index (χ2n) is 13.1. The molecule has 2 aliphatic rings. The number of rotatable bonds is 10. The van der Waals surface area contributed by atoms with Gasteiger partial charge in [-0.05, 0) is 110 Å². The van der Waals surface area contributed by atoms with Gasteiger partial charge in [-0.2, -0.15) is 0 Å². The predicted octanol–water partition coefficient (Wildman–Crippen LogP) is 7.18. The molecule has 0 radical (unpaired) electrons. The summed E-state index contributed by atoms with van der Waals surface area (Å²) in [5, 5.41) is 18.2. The molecule has 0 bridgehead atoms. The van der Waals surface area contributed by atoms with Gasteiger partial charge in [-0.25, -0.2) is 0 Å². The first-order chi connectivity index (χ1) is 24.1. The molecule has 4 aromatic carbocycles. The standard InChI is InChI=1S/2C21H23NO3/c2*1-22(2)11-5-8-18-17-7-4-3-6-16(17)14-25-20-10-9-15(12-19(18)20)13-21(23)24/h2*3-4,6-10,12H,5,11,13-14H2,1-2H3,(H,23,24)/b2*18-8-. The Morgan fingerprint density at radius 1 is 0.600 bits per heavy atom. The van der Waals surface area contributed by atoms with Crippen LogP contribution in [0, 0.1) is 0 Å². The summed E-state index contributed by atoms with van der Waals surface area (Å²) < 4.78 is 12.0. The van der Waals surface area contributed by atoms with Gasteiger partial charge in [0, 0.05) is 24.2 Å². The number of aliphatic carboxylic acids is 2. The van der Waals surface area contributed by atoms with E-state index in [0.29, 0.717) is 13.2 Å². The zero-order chi connectivity index (χ0) is 35.6. The molecule has 4 aromatic rings. The molecular formula is C42H46N2O6. The van der Waals surface area contributed by atoms with E-state index in [0.717, 1.165) is 93.1 Å². The van der Waals surface area contributed by atoms with Crippen molar-refractivity contribution >= 4 is 23.1 Å². The number of ether oxygens (including phenoxy) is 2. The maximum absolute atomic E-state index is 11.1. The molecule has 0 amide bonds. The van der Waals surface area contributed by atoms with Gasteiger partial charge in [0.2, 0.25) is 0 Å². The Morgan fingerprint density at radius 2 is 1.00 bits per heavy atom. The van der Waals surface area contributed by atoms with E-state index in [9.17, 15) is 9.59 Å². The summed E-state index contributed by atoms with van der Waals surface area (Å²) in [6.07, 6.45) is 6.33. The fourth-order valence-corrected chi connectivity index (χ4v) is 6.19. The number of hydrogen-bond donors (Lipinski definition) is 2. The zero-order valence-electron chi connectivity index (χ0n) is 29.3. The van der Waals surface area contributed by atoms with Crippen LogP contribution in [0.25, 0.3) is 11.1 Å². The van der Waals surface area contributed by atoms with Crippen molar-refractivity contribution in [3.63, 3.8) is 0 Å². The van der Waals surface area contributed by atoms with Gasteiger partial charge in [0.25, 0.3) is 0 Å². The van der Waals surface area contributed by atoms with Crippen molar-refractivity contribution in [1.82, 2.24) is 9.80 Å². The van der Waals surface area contributed by atoms with Crippen LogP contribution >= 0.6 is 0 Å². The largest absolute Gasteiger partial charge is 0.488 e. The van der Waals surface area contributed by atoms with Crippen molar-refractivity contribution < 1.29 is 29.3 Å². The maximum atomic E-state index is 11.1. The van der Waals surface area contributed by atoms with E-state index in [1.807, 2.05) is 60.7 Å². The van der Waals surface area contributed by atoms with Crippen molar-refractivity contribution in [2.45, 2.75) is 38.9 Å². The maximum Gasteiger partial charge on any atom is 0.307 e. The smallest absolute Gasteiger partial charge is 0.307 e. The highest BCUT2D eigenvalue weighted by Crippen LogP contribution is 2.39. The Morgan fingerprint density at radius 3 is 1.38 bits per heavy atom. The molecule has 2 N–H and O–H groups in total. The lowest BCUT2D eigenvalue weighted by Crippen LogP contribution is -2.12. The van der Waals surface area contributed by atoms with E-state index in [-0.39, 0.29) is 12.8 Å². The van der Waals surface area contributed by atoms with Crippen molar-refractivity contribution in [2.75, 3.05) is 41.3 Å². The number of carboxylic acids is 2. The van der Waals surface area contributed by atoms with Gasteiger partial charge in [0.15, 0.2) is 0 Å². The van der Waals surface area contributed by atoms with Gasteiger partial charge >= 0.3 is 11.9 Å². The molecule has 260 valence electrons. The Kier molecular flexibility index (Phi) is 12.3. The molecule has 2 heterocycles. The molecule has 6 rings (SSSR count). The topological polar surface area (TPSA) is 99.5 Å². The fourth-order valence-electron chi connectivity index (χ4n) is 6.19. The first kappa shape index (κ1) is 36.1. The van der Waals surface area contributed by atoms with Gasteiger partial charge in [-0.3, -0.25) is 9.59 Å². The van der Waals surface area contributed by atoms with Crippen LogP contribution in [-0.4, -0.2) is 73.2 Å². The number of nitrogens with zero attached hydrogens (tertiary/aromatic N) is 2. The van der Waals surface area contributed by atoms with E-state index in [4.69, 9.17) is 19.7 Å². The van der Waals surface area contributed by atoms with Gasteiger partial charge in [0.1, 0.15) is 24.7 Å². The minimum absolute atomic E-state index is 0.0138. The van der Waals surface area contributed by atoms with E-state index >= 15 is 0 Å². The van der Waals surface area contributed by atoms with E-state index < -0.39 is 11.9 Å². The van der Waals surface area contributed by atoms with E-state index in [2.05, 4.69) is 74.4 Å². The third kappa shape index (κ3) is 9.49. The predicted molar refractivity (Wildman–Crippen MR) is 198 cm³/mol. The Labute approximate surface area is 294 Å². The lowest BCUT2D eigenvalue weighted by Gasteiger charge is -2.13. The van der Waals surface area contributed by atoms with Gasteiger partial charge in [-0.15, -0.1) is 0 Å². The molecule has 0 fully saturated rings. The Bertz CT molecular complexity index is 1750. The Balaban J connectivity index is 0.000000194. The summed E-state index contributed by atoms with van der Waals surface area (Å²) in [5.41, 5.74) is 10.4. The summed E-state index contributed by atoms with van der Waals surface area (Å²) in [4.78, 5) is 26.5. The second kappa shape index (κ2) is 17.0. The Hall–Kier alpha value is -5.18. The highest BCUT2D eigenvalue weighted by Gasteiger charge is 2.21. The van der Waals surface area contributed by atoms with Crippen molar-refractivity contribution in [2.24, 2.45) is 0 Å². The molecule has 0 atom stereocenters. The number of carbonyl (C=O) groups is 2.